The number of rotatable bonds is 1. The fourth-order valence-electron chi connectivity index (χ4n) is 3.18. The Kier molecular flexibility index (Phi) is 3.26. The molecule has 3 aromatic rings. The van der Waals surface area contributed by atoms with E-state index in [2.05, 4.69) is 11.1 Å². The third-order valence-electron chi connectivity index (χ3n) is 4.36. The minimum atomic E-state index is -0.295. The maximum Gasteiger partial charge on any atom is 0.347 e. The lowest BCUT2D eigenvalue weighted by Crippen LogP contribution is -2.05. The molecule has 0 unspecified atom stereocenters. The molecule has 3 nitrogen and oxygen atoms in total. The van der Waals surface area contributed by atoms with Crippen LogP contribution in [0.25, 0.3) is 22.4 Å². The topological polar surface area (TPSA) is 43.1 Å². The molecule has 0 saturated carbocycles. The Morgan fingerprint density at radius 1 is 0.909 bits per heavy atom. The van der Waals surface area contributed by atoms with Crippen molar-refractivity contribution >= 4 is 10.9 Å². The summed E-state index contributed by atoms with van der Waals surface area (Å²) in [6, 6.07) is 13.6. The largest absolute Gasteiger partial charge is 0.403 e. The van der Waals surface area contributed by atoms with E-state index in [1.165, 1.54) is 30.4 Å². The molecule has 0 bridgehead atoms. The molecule has 0 radical (unpaired) electrons. The van der Waals surface area contributed by atoms with Crippen molar-refractivity contribution in [3.8, 4) is 11.5 Å². The van der Waals surface area contributed by atoms with Crippen molar-refractivity contribution in [2.75, 3.05) is 0 Å². The average molecular weight is 291 g/mol. The molecule has 22 heavy (non-hydrogen) atoms. The van der Waals surface area contributed by atoms with E-state index in [4.69, 9.17) is 4.42 Å². The number of benzene rings is 2. The van der Waals surface area contributed by atoms with Crippen LogP contribution in [0.1, 0.15) is 30.4 Å². The number of fused-ring (bicyclic) bond motifs is 2. The van der Waals surface area contributed by atoms with E-state index in [0.717, 1.165) is 23.9 Å². The molecule has 1 aliphatic rings. The van der Waals surface area contributed by atoms with Gasteiger partial charge in [0.1, 0.15) is 0 Å². The van der Waals surface area contributed by atoms with E-state index in [-0.39, 0.29) is 5.63 Å². The van der Waals surface area contributed by atoms with Gasteiger partial charge in [-0.2, -0.15) is 0 Å². The summed E-state index contributed by atoms with van der Waals surface area (Å²) in [6.07, 6.45) is 5.78. The van der Waals surface area contributed by atoms with Crippen LogP contribution in [-0.4, -0.2) is 4.98 Å². The average Bonchev–Trinajstić information content (AvgIpc) is 2.79. The number of hydrogen-bond acceptors (Lipinski definition) is 3. The molecule has 0 amide bonds. The molecule has 0 fully saturated rings. The lowest BCUT2D eigenvalue weighted by atomic mass is 10.0. The van der Waals surface area contributed by atoms with E-state index in [1.54, 1.807) is 0 Å². The highest BCUT2D eigenvalue weighted by atomic mass is 16.4. The van der Waals surface area contributed by atoms with E-state index >= 15 is 0 Å². The summed E-state index contributed by atoms with van der Waals surface area (Å²) >= 11 is 0. The Morgan fingerprint density at radius 2 is 1.64 bits per heavy atom. The first-order valence-electron chi connectivity index (χ1n) is 7.83. The lowest BCUT2D eigenvalue weighted by molar-refractivity contribution is 0.518. The first kappa shape index (κ1) is 13.3. The minimum absolute atomic E-state index is 0.295. The zero-order valence-corrected chi connectivity index (χ0v) is 12.3. The molecule has 1 aliphatic carbocycles. The van der Waals surface area contributed by atoms with Crippen molar-refractivity contribution < 1.29 is 4.42 Å². The van der Waals surface area contributed by atoms with Crippen molar-refractivity contribution in [2.24, 2.45) is 0 Å². The molecule has 0 N–H and O–H groups in total. The molecule has 2 aromatic carbocycles. The van der Waals surface area contributed by atoms with Gasteiger partial charge in [0.25, 0.3) is 0 Å². The van der Waals surface area contributed by atoms with Crippen LogP contribution in [-0.2, 0) is 12.8 Å². The molecule has 110 valence electrons. The van der Waals surface area contributed by atoms with Crippen LogP contribution in [0.5, 0.6) is 0 Å². The smallest absolute Gasteiger partial charge is 0.347 e. The Balaban J connectivity index is 1.92. The Morgan fingerprint density at radius 3 is 2.41 bits per heavy atom. The Bertz CT molecular complexity index is 881. The Hall–Kier alpha value is -2.42. The molecule has 1 aromatic heterocycles. The molecule has 0 atom stereocenters. The van der Waals surface area contributed by atoms with Gasteiger partial charge in [-0.3, -0.25) is 0 Å². The molecule has 3 heteroatoms. The molecule has 0 saturated heterocycles. The van der Waals surface area contributed by atoms with Gasteiger partial charge in [-0.1, -0.05) is 24.6 Å². The normalized spacial score (nSPS) is 14.5. The van der Waals surface area contributed by atoms with Crippen molar-refractivity contribution in [1.29, 1.82) is 0 Å². The predicted octanol–water partition coefficient (Wildman–Crippen LogP) is 4.12. The minimum Gasteiger partial charge on any atom is -0.403 e. The first-order chi connectivity index (χ1) is 10.8. The second kappa shape index (κ2) is 5.41. The second-order valence-electron chi connectivity index (χ2n) is 5.87. The predicted molar refractivity (Wildman–Crippen MR) is 87.0 cm³/mol. The van der Waals surface area contributed by atoms with Crippen molar-refractivity contribution in [1.82, 2.24) is 4.98 Å². The highest BCUT2D eigenvalue weighted by Gasteiger charge is 2.14. The van der Waals surface area contributed by atoms with Gasteiger partial charge in [-0.05, 0) is 61.1 Å². The van der Waals surface area contributed by atoms with E-state index < -0.39 is 0 Å². The van der Waals surface area contributed by atoms with E-state index in [9.17, 15) is 4.79 Å². The van der Waals surface area contributed by atoms with Crippen LogP contribution in [0.4, 0.5) is 0 Å². The van der Waals surface area contributed by atoms with Crippen molar-refractivity contribution in [3.05, 3.63) is 64.0 Å². The van der Waals surface area contributed by atoms with Crippen LogP contribution in [0, 0.1) is 0 Å². The molecule has 0 spiro atoms. The third-order valence-corrected chi connectivity index (χ3v) is 4.36. The summed E-state index contributed by atoms with van der Waals surface area (Å²) in [7, 11) is 0. The zero-order chi connectivity index (χ0) is 14.9. The van der Waals surface area contributed by atoms with Crippen LogP contribution in [0.2, 0.25) is 0 Å². The van der Waals surface area contributed by atoms with Crippen LogP contribution in [0.15, 0.2) is 51.7 Å². The second-order valence-corrected chi connectivity index (χ2v) is 5.87. The van der Waals surface area contributed by atoms with Crippen LogP contribution >= 0.6 is 0 Å². The number of nitrogens with zero attached hydrogens (tertiary/aromatic N) is 1. The standard InChI is InChI=1S/C19H17NO2/c21-19-16-11-14-9-5-2-6-10-15(14)12-17(16)20-18(22-19)13-7-3-1-4-8-13/h1,3-4,7-8,11-12H,2,5-6,9-10H2. The number of hydrogen-bond donors (Lipinski definition) is 0. The van der Waals surface area contributed by atoms with Gasteiger partial charge in [-0.15, -0.1) is 0 Å². The van der Waals surface area contributed by atoms with Gasteiger partial charge in [0.2, 0.25) is 5.89 Å². The highest BCUT2D eigenvalue weighted by Crippen LogP contribution is 2.25. The quantitative estimate of drug-likeness (QED) is 0.633. The van der Waals surface area contributed by atoms with Gasteiger partial charge in [0.15, 0.2) is 0 Å². The summed E-state index contributed by atoms with van der Waals surface area (Å²) in [5.74, 6) is 0.395. The lowest BCUT2D eigenvalue weighted by Gasteiger charge is -2.08. The van der Waals surface area contributed by atoms with Gasteiger partial charge < -0.3 is 4.42 Å². The molecule has 4 rings (SSSR count). The van der Waals surface area contributed by atoms with Crippen molar-refractivity contribution in [3.63, 3.8) is 0 Å². The van der Waals surface area contributed by atoms with Crippen molar-refractivity contribution in [2.45, 2.75) is 32.1 Å². The summed E-state index contributed by atoms with van der Waals surface area (Å²) in [5.41, 5.74) is 3.90. The van der Waals surface area contributed by atoms with Crippen LogP contribution in [0.3, 0.4) is 0 Å². The molecular formula is C19H17NO2. The maximum absolute atomic E-state index is 12.3. The highest BCUT2D eigenvalue weighted by molar-refractivity contribution is 5.80. The zero-order valence-electron chi connectivity index (χ0n) is 12.3. The first-order valence-corrected chi connectivity index (χ1v) is 7.83. The van der Waals surface area contributed by atoms with Gasteiger partial charge >= 0.3 is 5.63 Å². The van der Waals surface area contributed by atoms with Crippen LogP contribution < -0.4 is 5.63 Å². The fourth-order valence-corrected chi connectivity index (χ4v) is 3.18. The maximum atomic E-state index is 12.3. The molecule has 1 heterocycles. The van der Waals surface area contributed by atoms with Gasteiger partial charge in [0, 0.05) is 5.56 Å². The summed E-state index contributed by atoms with van der Waals surface area (Å²) in [5, 5.41) is 0.598. The monoisotopic (exact) mass is 291 g/mol. The van der Waals surface area contributed by atoms with E-state index in [0.29, 0.717) is 11.3 Å². The third kappa shape index (κ3) is 2.33. The summed E-state index contributed by atoms with van der Waals surface area (Å²) < 4.78 is 5.43. The van der Waals surface area contributed by atoms with E-state index in [1.807, 2.05) is 36.4 Å². The van der Waals surface area contributed by atoms with Gasteiger partial charge in [0.05, 0.1) is 10.9 Å². The number of aryl methyl sites for hydroxylation is 2. The summed E-state index contributed by atoms with van der Waals surface area (Å²) in [4.78, 5) is 16.9. The molecule has 0 aliphatic heterocycles. The SMILES string of the molecule is O=c1oc(-c2ccccc2)nc2cc3c(cc12)CCCCC3. The van der Waals surface area contributed by atoms with Gasteiger partial charge in [-0.25, -0.2) is 9.78 Å². The number of aromatic nitrogens is 1. The molecular weight excluding hydrogens is 274 g/mol. The Labute approximate surface area is 128 Å². The summed E-state index contributed by atoms with van der Waals surface area (Å²) in [6.45, 7) is 0. The fraction of sp³-hybridized carbons (Fsp3) is 0.263.